The van der Waals surface area contributed by atoms with Crippen molar-refractivity contribution in [1.82, 2.24) is 4.90 Å². The lowest BCUT2D eigenvalue weighted by Crippen LogP contribution is -2.41. The number of ether oxygens (including phenoxy) is 1. The average molecular weight is 395 g/mol. The lowest BCUT2D eigenvalue weighted by Gasteiger charge is -2.26. The molecule has 0 saturated carbocycles. The summed E-state index contributed by atoms with van der Waals surface area (Å²) in [7, 11) is 1.73. The van der Waals surface area contributed by atoms with E-state index in [0.717, 1.165) is 8.66 Å². The van der Waals surface area contributed by atoms with Gasteiger partial charge in [-0.25, -0.2) is 0 Å². The summed E-state index contributed by atoms with van der Waals surface area (Å²) < 4.78 is 6.68. The van der Waals surface area contributed by atoms with Crippen molar-refractivity contribution in [2.75, 3.05) is 12.4 Å². The monoisotopic (exact) mass is 394 g/mol. The molecule has 23 heavy (non-hydrogen) atoms. The van der Waals surface area contributed by atoms with Gasteiger partial charge in [0.05, 0.1) is 22.4 Å². The number of fused-ring (bicyclic) bond motifs is 1. The maximum atomic E-state index is 12.3. The van der Waals surface area contributed by atoms with E-state index >= 15 is 0 Å². The molecule has 0 fully saturated rings. The number of thiophene rings is 1. The van der Waals surface area contributed by atoms with Gasteiger partial charge in [0.15, 0.2) is 6.10 Å². The van der Waals surface area contributed by atoms with Crippen LogP contribution < -0.4 is 10.1 Å². The van der Waals surface area contributed by atoms with Crippen LogP contribution in [0.2, 0.25) is 0 Å². The molecule has 1 atom stereocenters. The molecule has 0 radical (unpaired) electrons. The van der Waals surface area contributed by atoms with E-state index in [-0.39, 0.29) is 18.2 Å². The van der Waals surface area contributed by atoms with Crippen LogP contribution in [0.25, 0.3) is 0 Å². The predicted molar refractivity (Wildman–Crippen MR) is 92.6 cm³/mol. The van der Waals surface area contributed by atoms with Gasteiger partial charge in [-0.15, -0.1) is 11.3 Å². The number of anilines is 1. The smallest absolute Gasteiger partial charge is 0.266 e. The number of nitrogens with one attached hydrogen (secondary N) is 1. The third kappa shape index (κ3) is 3.73. The van der Waals surface area contributed by atoms with Crippen LogP contribution in [0.1, 0.15) is 11.3 Å². The molecule has 0 saturated heterocycles. The van der Waals surface area contributed by atoms with Crippen LogP contribution in [0.3, 0.4) is 0 Å². The van der Waals surface area contributed by atoms with Crippen LogP contribution in [-0.2, 0) is 16.1 Å². The number of halogens is 1. The van der Waals surface area contributed by atoms with Gasteiger partial charge in [-0.2, -0.15) is 0 Å². The third-order valence-electron chi connectivity index (χ3n) is 3.51. The summed E-state index contributed by atoms with van der Waals surface area (Å²) in [6, 6.07) is 11.1. The highest BCUT2D eigenvalue weighted by molar-refractivity contribution is 9.11. The number of carbonyl (C=O) groups excluding carboxylic acids is 2. The highest BCUT2D eigenvalue weighted by Crippen LogP contribution is 2.30. The maximum Gasteiger partial charge on any atom is 0.266 e. The zero-order valence-electron chi connectivity index (χ0n) is 12.4. The fourth-order valence-electron chi connectivity index (χ4n) is 2.30. The first-order chi connectivity index (χ1) is 11.0. The first kappa shape index (κ1) is 16.0. The second-order valence-electron chi connectivity index (χ2n) is 5.25. The SMILES string of the molecule is CN(Cc1ccc(Br)s1)C(=O)C[C@@H]1Oc2ccccc2NC1=O. The van der Waals surface area contributed by atoms with Crippen LogP contribution in [-0.4, -0.2) is 29.9 Å². The van der Waals surface area contributed by atoms with Crippen molar-refractivity contribution in [2.24, 2.45) is 0 Å². The average Bonchev–Trinajstić information content (AvgIpc) is 2.93. The van der Waals surface area contributed by atoms with Gasteiger partial charge in [0.1, 0.15) is 5.75 Å². The minimum atomic E-state index is -0.796. The minimum absolute atomic E-state index is 0.0171. The Morgan fingerprint density at radius 1 is 1.35 bits per heavy atom. The Labute approximate surface area is 146 Å². The number of hydrogen-bond acceptors (Lipinski definition) is 4. The number of rotatable bonds is 4. The van der Waals surface area contributed by atoms with Crippen LogP contribution in [0.4, 0.5) is 5.69 Å². The van der Waals surface area contributed by atoms with Crippen molar-refractivity contribution in [3.05, 3.63) is 45.1 Å². The molecule has 1 aliphatic heterocycles. The quantitative estimate of drug-likeness (QED) is 0.865. The Morgan fingerprint density at radius 3 is 2.87 bits per heavy atom. The second-order valence-corrected chi connectivity index (χ2v) is 7.80. The first-order valence-corrected chi connectivity index (χ1v) is 8.68. The lowest BCUT2D eigenvalue weighted by atomic mass is 10.1. The van der Waals surface area contributed by atoms with Gasteiger partial charge in [0, 0.05) is 11.9 Å². The Balaban J connectivity index is 1.62. The Hall–Kier alpha value is -1.86. The van der Waals surface area contributed by atoms with E-state index < -0.39 is 6.10 Å². The Kier molecular flexibility index (Phi) is 4.68. The summed E-state index contributed by atoms with van der Waals surface area (Å²) in [5.41, 5.74) is 0.637. The highest BCUT2D eigenvalue weighted by Gasteiger charge is 2.30. The summed E-state index contributed by atoms with van der Waals surface area (Å²) in [4.78, 5) is 27.1. The molecule has 1 aromatic carbocycles. The second kappa shape index (κ2) is 6.72. The van der Waals surface area contributed by atoms with Crippen molar-refractivity contribution in [3.63, 3.8) is 0 Å². The van der Waals surface area contributed by atoms with E-state index in [1.54, 1.807) is 35.4 Å². The molecule has 1 aliphatic rings. The van der Waals surface area contributed by atoms with E-state index in [1.165, 1.54) is 0 Å². The van der Waals surface area contributed by atoms with Crippen molar-refractivity contribution in [3.8, 4) is 5.75 Å². The molecule has 7 heteroatoms. The van der Waals surface area contributed by atoms with E-state index in [9.17, 15) is 9.59 Å². The summed E-state index contributed by atoms with van der Waals surface area (Å²) in [6.07, 6.45) is -0.779. The summed E-state index contributed by atoms with van der Waals surface area (Å²) in [5.74, 6) is 0.174. The van der Waals surface area contributed by atoms with Crippen LogP contribution in [0.5, 0.6) is 5.75 Å². The van der Waals surface area contributed by atoms with Crippen LogP contribution in [0.15, 0.2) is 40.2 Å². The molecule has 2 aromatic rings. The molecule has 1 N–H and O–H groups in total. The van der Waals surface area contributed by atoms with Crippen molar-refractivity contribution in [1.29, 1.82) is 0 Å². The maximum absolute atomic E-state index is 12.3. The molecule has 5 nitrogen and oxygen atoms in total. The van der Waals surface area contributed by atoms with Gasteiger partial charge in [0.2, 0.25) is 5.91 Å². The molecule has 2 amide bonds. The summed E-state index contributed by atoms with van der Waals surface area (Å²) in [5, 5.41) is 2.77. The molecule has 0 unspecified atom stereocenters. The summed E-state index contributed by atoms with van der Waals surface area (Å²) in [6.45, 7) is 0.514. The third-order valence-corrected chi connectivity index (χ3v) is 5.12. The normalized spacial score (nSPS) is 16.3. The zero-order chi connectivity index (χ0) is 16.4. The van der Waals surface area contributed by atoms with Crippen LogP contribution in [0, 0.1) is 0 Å². The summed E-state index contributed by atoms with van der Waals surface area (Å²) >= 11 is 4.99. The number of nitrogens with zero attached hydrogens (tertiary/aromatic N) is 1. The van der Waals surface area contributed by atoms with Gasteiger partial charge in [-0.1, -0.05) is 12.1 Å². The lowest BCUT2D eigenvalue weighted by molar-refractivity contribution is -0.136. The minimum Gasteiger partial charge on any atom is -0.478 e. The molecular formula is C16H15BrN2O3S. The Bertz CT molecular complexity index is 746. The number of carbonyl (C=O) groups is 2. The molecule has 0 bridgehead atoms. The molecule has 0 spiro atoms. The molecular weight excluding hydrogens is 380 g/mol. The topological polar surface area (TPSA) is 58.6 Å². The fraction of sp³-hybridized carbons (Fsp3) is 0.250. The molecule has 0 aliphatic carbocycles. The van der Waals surface area contributed by atoms with E-state index in [1.807, 2.05) is 24.3 Å². The van der Waals surface area contributed by atoms with Crippen molar-refractivity contribution < 1.29 is 14.3 Å². The molecule has 1 aromatic heterocycles. The van der Waals surface area contributed by atoms with E-state index in [0.29, 0.717) is 18.0 Å². The van der Waals surface area contributed by atoms with E-state index in [2.05, 4.69) is 21.2 Å². The molecule has 120 valence electrons. The number of hydrogen-bond donors (Lipinski definition) is 1. The van der Waals surface area contributed by atoms with Crippen LogP contribution >= 0.6 is 27.3 Å². The van der Waals surface area contributed by atoms with Gasteiger partial charge in [-0.3, -0.25) is 9.59 Å². The number of benzene rings is 1. The molecule has 3 rings (SSSR count). The predicted octanol–water partition coefficient (Wildman–Crippen LogP) is 3.26. The largest absolute Gasteiger partial charge is 0.478 e. The fourth-order valence-corrected chi connectivity index (χ4v) is 3.84. The Morgan fingerprint density at radius 2 is 2.13 bits per heavy atom. The van der Waals surface area contributed by atoms with Gasteiger partial charge in [0.25, 0.3) is 5.91 Å². The number of para-hydroxylation sites is 2. The van der Waals surface area contributed by atoms with Crippen molar-refractivity contribution in [2.45, 2.75) is 19.1 Å². The standard InChI is InChI=1S/C16H15BrN2O3S/c1-19(9-10-6-7-14(17)23-10)15(20)8-13-16(21)18-11-4-2-3-5-12(11)22-13/h2-7,13H,8-9H2,1H3,(H,18,21)/t13-/m0/s1. The highest BCUT2D eigenvalue weighted by atomic mass is 79.9. The zero-order valence-corrected chi connectivity index (χ0v) is 14.8. The number of amides is 2. The molecule has 2 heterocycles. The first-order valence-electron chi connectivity index (χ1n) is 7.07. The van der Waals surface area contributed by atoms with Gasteiger partial charge >= 0.3 is 0 Å². The van der Waals surface area contributed by atoms with Crippen molar-refractivity contribution >= 4 is 44.8 Å². The van der Waals surface area contributed by atoms with Gasteiger partial charge < -0.3 is 15.0 Å². The van der Waals surface area contributed by atoms with E-state index in [4.69, 9.17) is 4.74 Å². The van der Waals surface area contributed by atoms with Gasteiger partial charge in [-0.05, 0) is 40.2 Å².